The molecule has 0 bridgehead atoms. The molecule has 0 saturated carbocycles. The molecule has 0 aliphatic carbocycles. The van der Waals surface area contributed by atoms with Crippen molar-refractivity contribution in [1.29, 1.82) is 0 Å². The van der Waals surface area contributed by atoms with Crippen LogP contribution in [0.15, 0.2) is 23.5 Å². The van der Waals surface area contributed by atoms with E-state index in [2.05, 4.69) is 25.6 Å². The summed E-state index contributed by atoms with van der Waals surface area (Å²) in [4.78, 5) is 15.5. The largest absolute Gasteiger partial charge is 0.417 e. The van der Waals surface area contributed by atoms with Gasteiger partial charge in [0.15, 0.2) is 5.96 Å². The number of nitrogens with zero attached hydrogens (tertiary/aromatic N) is 4. The van der Waals surface area contributed by atoms with Crippen molar-refractivity contribution in [1.82, 2.24) is 20.6 Å². The van der Waals surface area contributed by atoms with Crippen LogP contribution in [0.4, 0.5) is 19.0 Å². The molecular weight excluding hydrogens is 540 g/mol. The molecule has 6 nitrogen and oxygen atoms in total. The van der Waals surface area contributed by atoms with Crippen LogP contribution in [-0.4, -0.2) is 42.1 Å². The van der Waals surface area contributed by atoms with E-state index in [0.717, 1.165) is 28.6 Å². The van der Waals surface area contributed by atoms with Crippen LogP contribution in [0.2, 0.25) is 5.02 Å². The average molecular weight is 561 g/mol. The molecule has 0 radical (unpaired) electrons. The number of thiazole rings is 1. The molecule has 1 saturated heterocycles. The van der Waals surface area contributed by atoms with E-state index in [1.54, 1.807) is 18.4 Å². The van der Waals surface area contributed by atoms with Crippen LogP contribution >= 0.6 is 46.9 Å². The van der Waals surface area contributed by atoms with Gasteiger partial charge in [0.25, 0.3) is 0 Å². The number of guanidine groups is 1. The second-order valence-corrected chi connectivity index (χ2v) is 8.12. The van der Waals surface area contributed by atoms with Gasteiger partial charge in [-0.15, -0.1) is 35.3 Å². The van der Waals surface area contributed by atoms with Gasteiger partial charge in [0, 0.05) is 43.4 Å². The van der Waals surface area contributed by atoms with Gasteiger partial charge in [-0.05, 0) is 19.4 Å². The number of hydrogen-bond acceptors (Lipinski definition) is 5. The Balaban J connectivity index is 0.00000300. The molecule has 2 N–H and O–H groups in total. The van der Waals surface area contributed by atoms with Crippen LogP contribution in [0.3, 0.4) is 0 Å². The first-order valence-corrected chi connectivity index (χ1v) is 9.82. The van der Waals surface area contributed by atoms with Crippen molar-refractivity contribution >= 4 is 58.7 Å². The minimum absolute atomic E-state index is 0. The summed E-state index contributed by atoms with van der Waals surface area (Å²) in [6.45, 7) is 3.77. The molecule has 0 aromatic carbocycles. The molecule has 29 heavy (non-hydrogen) atoms. The second kappa shape index (κ2) is 10.1. The van der Waals surface area contributed by atoms with Gasteiger partial charge in [-0.1, -0.05) is 11.6 Å². The van der Waals surface area contributed by atoms with E-state index in [-0.39, 0.29) is 35.0 Å². The minimum atomic E-state index is -4.46. The predicted octanol–water partition coefficient (Wildman–Crippen LogP) is 4.08. The minimum Gasteiger partial charge on any atom is -0.353 e. The van der Waals surface area contributed by atoms with Crippen molar-refractivity contribution in [2.75, 3.05) is 25.0 Å². The second-order valence-electron chi connectivity index (χ2n) is 6.39. The molecule has 2 aromatic heterocycles. The highest BCUT2D eigenvalue weighted by molar-refractivity contribution is 14.0. The van der Waals surface area contributed by atoms with Crippen molar-refractivity contribution in [3.8, 4) is 0 Å². The summed E-state index contributed by atoms with van der Waals surface area (Å²) in [6.07, 6.45) is -1.03. The Bertz CT molecular complexity index is 860. The van der Waals surface area contributed by atoms with Crippen LogP contribution in [0, 0.1) is 6.92 Å². The molecule has 1 aliphatic heterocycles. The van der Waals surface area contributed by atoms with Gasteiger partial charge in [-0.3, -0.25) is 4.99 Å². The van der Waals surface area contributed by atoms with Crippen LogP contribution in [0.25, 0.3) is 0 Å². The lowest BCUT2D eigenvalue weighted by atomic mass is 10.2. The van der Waals surface area contributed by atoms with E-state index in [1.807, 2.05) is 18.0 Å². The summed E-state index contributed by atoms with van der Waals surface area (Å²) in [5.41, 5.74) is -0.850. The first-order valence-electron chi connectivity index (χ1n) is 8.62. The number of alkyl halides is 3. The highest BCUT2D eigenvalue weighted by Crippen LogP contribution is 2.34. The predicted molar refractivity (Wildman–Crippen MR) is 120 cm³/mol. The maximum atomic E-state index is 12.8. The topological polar surface area (TPSA) is 65.4 Å². The third-order valence-corrected chi connectivity index (χ3v) is 5.47. The summed E-state index contributed by atoms with van der Waals surface area (Å²) in [5.74, 6) is 1.01. The van der Waals surface area contributed by atoms with Gasteiger partial charge in [0.1, 0.15) is 10.8 Å². The van der Waals surface area contributed by atoms with Crippen molar-refractivity contribution in [3.05, 3.63) is 38.9 Å². The Kier molecular flexibility index (Phi) is 8.35. The molecule has 3 rings (SSSR count). The zero-order chi connectivity index (χ0) is 20.3. The number of pyridine rings is 1. The number of aromatic nitrogens is 2. The molecule has 2 aromatic rings. The molecular formula is C17H21ClF3IN6S. The Morgan fingerprint density at radius 2 is 2.14 bits per heavy atom. The van der Waals surface area contributed by atoms with E-state index >= 15 is 0 Å². The van der Waals surface area contributed by atoms with Crippen LogP contribution in [0.5, 0.6) is 0 Å². The van der Waals surface area contributed by atoms with Gasteiger partial charge in [-0.2, -0.15) is 13.2 Å². The third kappa shape index (κ3) is 6.32. The van der Waals surface area contributed by atoms with Gasteiger partial charge < -0.3 is 15.5 Å². The standard InChI is InChI=1S/C17H20ClF3N6S.HI/c1-10-6-23-14(28-10)8-25-16(22-2)26-12-3-4-27(9-12)15-13(18)5-11(7-24-15)17(19,20)21;/h5-7,12H,3-4,8-9H2,1-2H3,(H2,22,25,26);1H. The Morgan fingerprint density at radius 1 is 1.38 bits per heavy atom. The molecule has 12 heteroatoms. The summed E-state index contributed by atoms with van der Waals surface area (Å²) in [7, 11) is 1.68. The molecule has 1 fully saturated rings. The number of hydrogen-bond donors (Lipinski definition) is 2. The molecule has 160 valence electrons. The number of nitrogens with one attached hydrogen (secondary N) is 2. The Labute approximate surface area is 193 Å². The zero-order valence-corrected chi connectivity index (χ0v) is 19.7. The third-order valence-electron chi connectivity index (χ3n) is 4.28. The molecule has 1 unspecified atom stereocenters. The molecule has 1 atom stereocenters. The SMILES string of the molecule is CN=C(NCc1ncc(C)s1)NC1CCN(c2ncc(C(F)(F)F)cc2Cl)C1.I. The quantitative estimate of drug-likeness (QED) is 0.335. The van der Waals surface area contributed by atoms with Crippen molar-refractivity contribution in [2.45, 2.75) is 32.1 Å². The summed E-state index contributed by atoms with van der Waals surface area (Å²) < 4.78 is 38.3. The van der Waals surface area contributed by atoms with Crippen molar-refractivity contribution < 1.29 is 13.2 Å². The van der Waals surface area contributed by atoms with E-state index in [0.29, 0.717) is 31.4 Å². The summed E-state index contributed by atoms with van der Waals surface area (Å²) in [6, 6.07) is 0.991. The summed E-state index contributed by atoms with van der Waals surface area (Å²) in [5, 5.41) is 7.50. The fourth-order valence-corrected chi connectivity index (χ4v) is 3.93. The van der Waals surface area contributed by atoms with Gasteiger partial charge in [-0.25, -0.2) is 9.97 Å². The fraction of sp³-hybridized carbons (Fsp3) is 0.471. The lowest BCUT2D eigenvalue weighted by Gasteiger charge is -2.21. The van der Waals surface area contributed by atoms with E-state index < -0.39 is 11.7 Å². The number of aliphatic imine (C=N–C) groups is 1. The Morgan fingerprint density at radius 3 is 2.72 bits per heavy atom. The molecule has 1 aliphatic rings. The Hall–Kier alpha value is -1.34. The maximum absolute atomic E-state index is 12.8. The van der Waals surface area contributed by atoms with E-state index in [9.17, 15) is 13.2 Å². The molecule has 0 spiro atoms. The summed E-state index contributed by atoms with van der Waals surface area (Å²) >= 11 is 7.67. The number of halogens is 5. The van der Waals surface area contributed by atoms with Crippen LogP contribution in [-0.2, 0) is 12.7 Å². The first-order chi connectivity index (χ1) is 13.3. The zero-order valence-electron chi connectivity index (χ0n) is 15.8. The van der Waals surface area contributed by atoms with Gasteiger partial charge >= 0.3 is 6.18 Å². The van der Waals surface area contributed by atoms with Gasteiger partial charge in [0.05, 0.1) is 17.1 Å². The van der Waals surface area contributed by atoms with Crippen LogP contribution < -0.4 is 15.5 Å². The highest BCUT2D eigenvalue weighted by Gasteiger charge is 2.33. The van der Waals surface area contributed by atoms with E-state index in [1.165, 1.54) is 0 Å². The smallest absolute Gasteiger partial charge is 0.353 e. The normalized spacial score (nSPS) is 17.2. The average Bonchev–Trinajstić information content (AvgIpc) is 3.26. The van der Waals surface area contributed by atoms with Crippen molar-refractivity contribution in [2.24, 2.45) is 4.99 Å². The van der Waals surface area contributed by atoms with Gasteiger partial charge in [0.2, 0.25) is 0 Å². The first kappa shape index (κ1) is 23.9. The lowest BCUT2D eigenvalue weighted by molar-refractivity contribution is -0.137. The van der Waals surface area contributed by atoms with Crippen molar-refractivity contribution in [3.63, 3.8) is 0 Å². The lowest BCUT2D eigenvalue weighted by Crippen LogP contribution is -2.44. The fourth-order valence-electron chi connectivity index (χ4n) is 2.92. The maximum Gasteiger partial charge on any atom is 0.417 e. The number of aryl methyl sites for hydroxylation is 1. The van der Waals surface area contributed by atoms with E-state index in [4.69, 9.17) is 11.6 Å². The highest BCUT2D eigenvalue weighted by atomic mass is 127. The van der Waals surface area contributed by atoms with Crippen LogP contribution in [0.1, 0.15) is 21.9 Å². The number of rotatable bonds is 4. The molecule has 0 amide bonds. The monoisotopic (exact) mass is 560 g/mol. The molecule has 3 heterocycles. The number of anilines is 1.